The number of benzene rings is 2. The van der Waals surface area contributed by atoms with Crippen molar-refractivity contribution < 1.29 is 9.66 Å². The number of hydrogen-bond acceptors (Lipinski definition) is 5. The predicted octanol–water partition coefficient (Wildman–Crippen LogP) is 3.69. The summed E-state index contributed by atoms with van der Waals surface area (Å²) in [5.41, 5.74) is 7.14. The summed E-state index contributed by atoms with van der Waals surface area (Å²) < 4.78 is 5.95. The third kappa shape index (κ3) is 3.00. The molecule has 0 atom stereocenters. The number of anilines is 3. The Labute approximate surface area is 123 Å². The van der Waals surface area contributed by atoms with Crippen molar-refractivity contribution in [1.29, 1.82) is 0 Å². The van der Waals surface area contributed by atoms with Gasteiger partial charge in [-0.2, -0.15) is 0 Å². The Balaban J connectivity index is 2.24. The summed E-state index contributed by atoms with van der Waals surface area (Å²) in [6, 6.07) is 9.98. The number of methoxy groups -OCH3 is 1. The second-order valence-electron chi connectivity index (χ2n) is 4.01. The molecule has 0 saturated heterocycles. The van der Waals surface area contributed by atoms with Crippen LogP contribution < -0.4 is 15.8 Å². The second-order valence-corrected chi connectivity index (χ2v) is 4.86. The maximum Gasteiger partial charge on any atom is 0.292 e. The van der Waals surface area contributed by atoms with Crippen LogP contribution in [0.5, 0.6) is 5.75 Å². The van der Waals surface area contributed by atoms with Crippen molar-refractivity contribution in [2.45, 2.75) is 0 Å². The first-order valence-electron chi connectivity index (χ1n) is 5.65. The predicted molar refractivity (Wildman–Crippen MR) is 81.5 cm³/mol. The molecule has 0 aromatic heterocycles. The van der Waals surface area contributed by atoms with E-state index in [0.717, 1.165) is 15.9 Å². The van der Waals surface area contributed by atoms with Crippen molar-refractivity contribution in [2.75, 3.05) is 18.2 Å². The topological polar surface area (TPSA) is 90.4 Å². The average Bonchev–Trinajstić information content (AvgIpc) is 2.38. The summed E-state index contributed by atoms with van der Waals surface area (Å²) in [6.45, 7) is 0. The van der Waals surface area contributed by atoms with Crippen molar-refractivity contribution in [3.8, 4) is 5.75 Å². The first kappa shape index (κ1) is 14.1. The lowest BCUT2D eigenvalue weighted by atomic mass is 10.2. The molecule has 0 heterocycles. The van der Waals surface area contributed by atoms with Gasteiger partial charge in [-0.15, -0.1) is 0 Å². The number of rotatable bonds is 4. The first-order chi connectivity index (χ1) is 9.51. The van der Waals surface area contributed by atoms with Crippen LogP contribution in [0, 0.1) is 10.1 Å². The van der Waals surface area contributed by atoms with Gasteiger partial charge in [-0.05, 0) is 46.3 Å². The van der Waals surface area contributed by atoms with Gasteiger partial charge in [0.1, 0.15) is 11.4 Å². The molecule has 104 valence electrons. The van der Waals surface area contributed by atoms with E-state index >= 15 is 0 Å². The van der Waals surface area contributed by atoms with Gasteiger partial charge in [0.15, 0.2) is 0 Å². The fourth-order valence-electron chi connectivity index (χ4n) is 1.71. The van der Waals surface area contributed by atoms with E-state index in [2.05, 4.69) is 21.2 Å². The van der Waals surface area contributed by atoms with Crippen LogP contribution in [0.3, 0.4) is 0 Å². The monoisotopic (exact) mass is 337 g/mol. The summed E-state index contributed by atoms with van der Waals surface area (Å²) in [6.07, 6.45) is 0. The van der Waals surface area contributed by atoms with E-state index in [1.807, 2.05) is 12.1 Å². The minimum Gasteiger partial charge on any atom is -0.496 e. The molecule has 20 heavy (non-hydrogen) atoms. The molecule has 7 heteroatoms. The number of nitro benzene ring substituents is 1. The van der Waals surface area contributed by atoms with E-state index < -0.39 is 4.92 Å². The van der Waals surface area contributed by atoms with Crippen molar-refractivity contribution in [2.24, 2.45) is 0 Å². The lowest BCUT2D eigenvalue weighted by Crippen LogP contribution is -1.97. The Morgan fingerprint density at radius 3 is 2.45 bits per heavy atom. The van der Waals surface area contributed by atoms with E-state index in [1.54, 1.807) is 19.2 Å². The number of nitrogen functional groups attached to an aromatic ring is 1. The molecule has 0 spiro atoms. The summed E-state index contributed by atoms with van der Waals surface area (Å²) in [5.74, 6) is 0.721. The van der Waals surface area contributed by atoms with Gasteiger partial charge in [0, 0.05) is 17.4 Å². The Hall–Kier alpha value is -2.28. The molecule has 0 bridgehead atoms. The van der Waals surface area contributed by atoms with Crippen molar-refractivity contribution >= 4 is 38.7 Å². The smallest absolute Gasteiger partial charge is 0.292 e. The van der Waals surface area contributed by atoms with Gasteiger partial charge < -0.3 is 15.8 Å². The molecule has 6 nitrogen and oxygen atoms in total. The standard InChI is InChI=1S/C13H12BrN3O3/c1-20-13-5-3-8(6-10(13)14)16-9-2-4-12(17(18)19)11(15)7-9/h2-7,16H,15H2,1H3. The van der Waals surface area contributed by atoms with Crippen molar-refractivity contribution in [3.05, 3.63) is 51.0 Å². The quantitative estimate of drug-likeness (QED) is 0.504. The number of nitrogens with two attached hydrogens (primary N) is 1. The molecule has 2 aromatic rings. The molecule has 0 amide bonds. The molecule has 0 aliphatic carbocycles. The Morgan fingerprint density at radius 2 is 1.90 bits per heavy atom. The third-order valence-corrected chi connectivity index (χ3v) is 3.28. The summed E-state index contributed by atoms with van der Waals surface area (Å²) in [4.78, 5) is 10.2. The molecular formula is C13H12BrN3O3. The molecule has 3 N–H and O–H groups in total. The van der Waals surface area contributed by atoms with E-state index in [4.69, 9.17) is 10.5 Å². The molecular weight excluding hydrogens is 326 g/mol. The molecule has 0 saturated carbocycles. The number of hydrogen-bond donors (Lipinski definition) is 2. The maximum absolute atomic E-state index is 10.7. The van der Waals surface area contributed by atoms with Gasteiger partial charge in [-0.3, -0.25) is 10.1 Å². The van der Waals surface area contributed by atoms with Gasteiger partial charge in [-0.1, -0.05) is 0 Å². The fourth-order valence-corrected chi connectivity index (χ4v) is 2.25. The lowest BCUT2D eigenvalue weighted by Gasteiger charge is -2.09. The van der Waals surface area contributed by atoms with Crippen molar-refractivity contribution in [3.63, 3.8) is 0 Å². The summed E-state index contributed by atoms with van der Waals surface area (Å²) >= 11 is 3.39. The van der Waals surface area contributed by atoms with Gasteiger partial charge >= 0.3 is 0 Å². The van der Waals surface area contributed by atoms with E-state index in [1.165, 1.54) is 12.1 Å². The average molecular weight is 338 g/mol. The molecule has 2 rings (SSSR count). The minimum absolute atomic E-state index is 0.105. The number of nitro groups is 1. The third-order valence-electron chi connectivity index (χ3n) is 2.66. The number of nitrogens with one attached hydrogen (secondary N) is 1. The van der Waals surface area contributed by atoms with Gasteiger partial charge in [0.25, 0.3) is 5.69 Å². The van der Waals surface area contributed by atoms with Crippen LogP contribution in [0.4, 0.5) is 22.7 Å². The van der Waals surface area contributed by atoms with Gasteiger partial charge in [-0.25, -0.2) is 0 Å². The van der Waals surface area contributed by atoms with Crippen LogP contribution in [0.25, 0.3) is 0 Å². The highest BCUT2D eigenvalue weighted by Crippen LogP contribution is 2.31. The highest BCUT2D eigenvalue weighted by atomic mass is 79.9. The normalized spacial score (nSPS) is 10.1. The molecule has 2 aromatic carbocycles. The largest absolute Gasteiger partial charge is 0.496 e. The second kappa shape index (κ2) is 5.79. The fraction of sp³-hybridized carbons (Fsp3) is 0.0769. The van der Waals surface area contributed by atoms with Crippen LogP contribution in [0.1, 0.15) is 0 Å². The summed E-state index contributed by atoms with van der Waals surface area (Å²) in [7, 11) is 1.59. The van der Waals surface area contributed by atoms with Gasteiger partial charge in [0.2, 0.25) is 0 Å². The highest BCUT2D eigenvalue weighted by Gasteiger charge is 2.11. The number of ether oxygens (including phenoxy) is 1. The van der Waals surface area contributed by atoms with Crippen LogP contribution in [0.15, 0.2) is 40.9 Å². The molecule has 0 aliphatic rings. The highest BCUT2D eigenvalue weighted by molar-refractivity contribution is 9.10. The Bertz CT molecular complexity index is 661. The maximum atomic E-state index is 10.7. The van der Waals surface area contributed by atoms with Crippen molar-refractivity contribution in [1.82, 2.24) is 0 Å². The molecule has 0 radical (unpaired) electrons. The zero-order chi connectivity index (χ0) is 14.7. The first-order valence-corrected chi connectivity index (χ1v) is 6.45. The molecule has 0 fully saturated rings. The van der Waals surface area contributed by atoms with Crippen LogP contribution in [-0.4, -0.2) is 12.0 Å². The molecule has 0 unspecified atom stereocenters. The zero-order valence-corrected chi connectivity index (χ0v) is 12.2. The Morgan fingerprint density at radius 1 is 1.25 bits per heavy atom. The van der Waals surface area contributed by atoms with E-state index in [-0.39, 0.29) is 11.4 Å². The Kier molecular flexibility index (Phi) is 4.09. The zero-order valence-electron chi connectivity index (χ0n) is 10.6. The van der Waals surface area contributed by atoms with E-state index in [9.17, 15) is 10.1 Å². The lowest BCUT2D eigenvalue weighted by molar-refractivity contribution is -0.383. The van der Waals surface area contributed by atoms with Gasteiger partial charge in [0.05, 0.1) is 16.5 Å². The van der Waals surface area contributed by atoms with E-state index in [0.29, 0.717) is 5.69 Å². The molecule has 0 aliphatic heterocycles. The van der Waals surface area contributed by atoms with Crippen LogP contribution >= 0.6 is 15.9 Å². The number of nitrogens with zero attached hydrogens (tertiary/aromatic N) is 1. The summed E-state index contributed by atoms with van der Waals surface area (Å²) in [5, 5.41) is 13.8. The van der Waals surface area contributed by atoms with Crippen LogP contribution in [-0.2, 0) is 0 Å². The number of halogens is 1. The SMILES string of the molecule is COc1ccc(Nc2ccc([N+](=O)[O-])c(N)c2)cc1Br. The minimum atomic E-state index is -0.511. The van der Waals surface area contributed by atoms with Crippen LogP contribution in [0.2, 0.25) is 0 Å².